The maximum Gasteiger partial charge on any atom is 0.137 e. The van der Waals surface area contributed by atoms with Crippen LogP contribution in [0.5, 0.6) is 0 Å². The van der Waals surface area contributed by atoms with E-state index in [1.165, 1.54) is 18.2 Å². The Bertz CT molecular complexity index is 691. The zero-order chi connectivity index (χ0) is 14.9. The van der Waals surface area contributed by atoms with Crippen LogP contribution in [0.2, 0.25) is 0 Å². The Morgan fingerprint density at radius 3 is 2.15 bits per heavy atom. The number of nitrogens with zero attached hydrogens (tertiary/aromatic N) is 2. The summed E-state index contributed by atoms with van der Waals surface area (Å²) in [5, 5.41) is 19.0. The highest BCUT2D eigenvalue weighted by atomic mass is 79.9. The van der Waals surface area contributed by atoms with Crippen LogP contribution >= 0.6 is 27.7 Å². The molecule has 0 spiro atoms. The average molecular weight is 351 g/mol. The summed E-state index contributed by atoms with van der Waals surface area (Å²) in [6, 6.07) is 8.30. The number of hydrogen-bond acceptors (Lipinski definition) is 5. The highest BCUT2D eigenvalue weighted by molar-refractivity contribution is 9.10. The van der Waals surface area contributed by atoms with Crippen LogP contribution in [0.4, 0.5) is 4.39 Å². The Balaban J connectivity index is 2.66. The summed E-state index contributed by atoms with van der Waals surface area (Å²) in [7, 11) is 0. The third-order valence-corrected chi connectivity index (χ3v) is 4.33. The fraction of sp³-hybridized carbons (Fsp3) is 0.0769. The fourth-order valence-corrected chi connectivity index (χ4v) is 3.10. The Hall–Kier alpha value is -1.96. The first-order chi connectivity index (χ1) is 9.49. The number of thioether (sulfide) groups is 1. The maximum absolute atomic E-state index is 13.3. The van der Waals surface area contributed by atoms with E-state index in [9.17, 15) is 14.9 Å². The standard InChI is InChI=1S/C13H8BrFN4S/c14-9-3-6(1-2-10(9)15)11-7(4-16)12(18)20-13(19)8(11)5-17/h1-3,11H,18-19H2. The lowest BCUT2D eigenvalue weighted by Crippen LogP contribution is -2.18. The van der Waals surface area contributed by atoms with Crippen LogP contribution in [0, 0.1) is 28.5 Å². The van der Waals surface area contributed by atoms with Crippen LogP contribution in [-0.4, -0.2) is 0 Å². The van der Waals surface area contributed by atoms with E-state index >= 15 is 0 Å². The quantitative estimate of drug-likeness (QED) is 0.810. The van der Waals surface area contributed by atoms with Crippen molar-refractivity contribution in [3.63, 3.8) is 0 Å². The zero-order valence-corrected chi connectivity index (χ0v) is 12.4. The molecule has 100 valence electrons. The van der Waals surface area contributed by atoms with Gasteiger partial charge in [0.05, 0.1) is 43.7 Å². The van der Waals surface area contributed by atoms with Gasteiger partial charge in [-0.3, -0.25) is 0 Å². The molecule has 4 N–H and O–H groups in total. The molecule has 1 heterocycles. The molecule has 0 fully saturated rings. The molecule has 0 aromatic heterocycles. The lowest BCUT2D eigenvalue weighted by molar-refractivity contribution is 0.620. The summed E-state index contributed by atoms with van der Waals surface area (Å²) in [4.78, 5) is 0. The van der Waals surface area contributed by atoms with Gasteiger partial charge in [-0.25, -0.2) is 4.39 Å². The maximum atomic E-state index is 13.3. The number of rotatable bonds is 1. The van der Waals surface area contributed by atoms with Crippen LogP contribution in [0.15, 0.2) is 43.9 Å². The van der Waals surface area contributed by atoms with Gasteiger partial charge in [0, 0.05) is 0 Å². The minimum absolute atomic E-state index is 0.249. The molecule has 0 atom stereocenters. The minimum atomic E-state index is -0.664. The topological polar surface area (TPSA) is 99.6 Å². The number of halogens is 2. The van der Waals surface area contributed by atoms with E-state index in [0.717, 1.165) is 11.8 Å². The molecule has 1 aliphatic rings. The summed E-state index contributed by atoms with van der Waals surface area (Å²) in [5.41, 5.74) is 12.7. The van der Waals surface area contributed by atoms with Gasteiger partial charge in [0.15, 0.2) is 0 Å². The van der Waals surface area contributed by atoms with Gasteiger partial charge in [-0.05, 0) is 33.6 Å². The largest absolute Gasteiger partial charge is 0.392 e. The molecule has 0 radical (unpaired) electrons. The first-order valence-electron chi connectivity index (χ1n) is 5.41. The summed E-state index contributed by atoms with van der Waals surface area (Å²) >= 11 is 4.08. The van der Waals surface area contributed by atoms with Gasteiger partial charge >= 0.3 is 0 Å². The van der Waals surface area contributed by atoms with Crippen molar-refractivity contribution in [2.75, 3.05) is 0 Å². The molecule has 7 heteroatoms. The van der Waals surface area contributed by atoms with E-state index in [-0.39, 0.29) is 25.7 Å². The second kappa shape index (κ2) is 5.58. The monoisotopic (exact) mass is 350 g/mol. The molecule has 0 saturated heterocycles. The Labute approximate surface area is 127 Å². The lowest BCUT2D eigenvalue weighted by atomic mass is 9.86. The number of benzene rings is 1. The summed E-state index contributed by atoms with van der Waals surface area (Å²) in [6.07, 6.45) is 0. The van der Waals surface area contributed by atoms with Gasteiger partial charge in [0.1, 0.15) is 5.82 Å². The highest BCUT2D eigenvalue weighted by Gasteiger charge is 2.31. The van der Waals surface area contributed by atoms with Crippen LogP contribution in [0.1, 0.15) is 11.5 Å². The molecular weight excluding hydrogens is 343 g/mol. The summed E-state index contributed by atoms with van der Waals surface area (Å²) in [6.45, 7) is 0. The predicted molar refractivity (Wildman–Crippen MR) is 78.1 cm³/mol. The molecule has 20 heavy (non-hydrogen) atoms. The van der Waals surface area contributed by atoms with Gasteiger partial charge in [0.2, 0.25) is 0 Å². The number of hydrogen-bond donors (Lipinski definition) is 2. The van der Waals surface area contributed by atoms with Crippen LogP contribution in [-0.2, 0) is 0 Å². The van der Waals surface area contributed by atoms with Crippen molar-refractivity contribution in [2.24, 2.45) is 11.5 Å². The van der Waals surface area contributed by atoms with E-state index in [2.05, 4.69) is 15.9 Å². The highest BCUT2D eigenvalue weighted by Crippen LogP contribution is 2.43. The minimum Gasteiger partial charge on any atom is -0.392 e. The van der Waals surface area contributed by atoms with Crippen molar-refractivity contribution in [1.29, 1.82) is 10.5 Å². The average Bonchev–Trinajstić information content (AvgIpc) is 2.41. The lowest BCUT2D eigenvalue weighted by Gasteiger charge is -2.23. The molecule has 0 amide bonds. The molecule has 0 aliphatic carbocycles. The third-order valence-electron chi connectivity index (χ3n) is 2.85. The van der Waals surface area contributed by atoms with Crippen LogP contribution in [0.3, 0.4) is 0 Å². The molecule has 4 nitrogen and oxygen atoms in total. The molecule has 2 rings (SSSR count). The van der Waals surface area contributed by atoms with E-state index < -0.39 is 11.7 Å². The summed E-state index contributed by atoms with van der Waals surface area (Å²) < 4.78 is 13.6. The molecule has 1 aromatic rings. The predicted octanol–water partition coefficient (Wildman–Crippen LogP) is 2.81. The molecule has 1 aromatic carbocycles. The molecule has 0 saturated carbocycles. The van der Waals surface area contributed by atoms with Crippen molar-refractivity contribution >= 4 is 27.7 Å². The molecule has 0 bridgehead atoms. The second-order valence-electron chi connectivity index (χ2n) is 3.99. The number of nitrogens with two attached hydrogens (primary N) is 2. The smallest absolute Gasteiger partial charge is 0.137 e. The second-order valence-corrected chi connectivity index (χ2v) is 5.93. The molecule has 1 aliphatic heterocycles. The van der Waals surface area contributed by atoms with Gasteiger partial charge in [0.25, 0.3) is 0 Å². The van der Waals surface area contributed by atoms with E-state index in [1.54, 1.807) is 0 Å². The van der Waals surface area contributed by atoms with Crippen molar-refractivity contribution in [2.45, 2.75) is 5.92 Å². The van der Waals surface area contributed by atoms with Gasteiger partial charge < -0.3 is 11.5 Å². The van der Waals surface area contributed by atoms with Crippen molar-refractivity contribution in [1.82, 2.24) is 0 Å². The van der Waals surface area contributed by atoms with Crippen LogP contribution in [0.25, 0.3) is 0 Å². The third kappa shape index (κ3) is 2.38. The van der Waals surface area contributed by atoms with Crippen molar-refractivity contribution in [3.05, 3.63) is 55.3 Å². The molecule has 0 unspecified atom stereocenters. The Morgan fingerprint density at radius 1 is 1.15 bits per heavy atom. The van der Waals surface area contributed by atoms with Crippen molar-refractivity contribution < 1.29 is 4.39 Å². The summed E-state index contributed by atoms with van der Waals surface area (Å²) in [5.74, 6) is -1.09. The first kappa shape index (κ1) is 14.4. The zero-order valence-electron chi connectivity index (χ0n) is 10.0. The Morgan fingerprint density at radius 2 is 1.70 bits per heavy atom. The van der Waals surface area contributed by atoms with E-state index in [1.807, 2.05) is 12.1 Å². The Kier molecular flexibility index (Phi) is 4.03. The number of nitriles is 2. The molecular formula is C13H8BrFN4S. The van der Waals surface area contributed by atoms with E-state index in [4.69, 9.17) is 11.5 Å². The van der Waals surface area contributed by atoms with Crippen LogP contribution < -0.4 is 11.5 Å². The first-order valence-corrected chi connectivity index (χ1v) is 7.02. The fourth-order valence-electron chi connectivity index (χ4n) is 1.92. The van der Waals surface area contributed by atoms with E-state index in [0.29, 0.717) is 5.56 Å². The van der Waals surface area contributed by atoms with Crippen molar-refractivity contribution in [3.8, 4) is 12.1 Å². The number of allylic oxidation sites excluding steroid dienone is 2. The SMILES string of the molecule is N#CC1=C(N)SC(N)=C(C#N)C1c1ccc(F)c(Br)c1. The van der Waals surface area contributed by atoms with Gasteiger partial charge in [-0.15, -0.1) is 0 Å². The van der Waals surface area contributed by atoms with Gasteiger partial charge in [-0.1, -0.05) is 17.8 Å². The normalized spacial score (nSPS) is 16.0. The van der Waals surface area contributed by atoms with Gasteiger partial charge in [-0.2, -0.15) is 10.5 Å².